The van der Waals surface area contributed by atoms with Crippen LogP contribution in [0.5, 0.6) is 5.75 Å². The van der Waals surface area contributed by atoms with Crippen LogP contribution in [0.2, 0.25) is 0 Å². The van der Waals surface area contributed by atoms with Crippen LogP contribution in [0.3, 0.4) is 0 Å². The molecule has 0 aliphatic carbocycles. The third-order valence-corrected chi connectivity index (χ3v) is 3.46. The van der Waals surface area contributed by atoms with Gasteiger partial charge in [0.15, 0.2) is 5.78 Å². The number of nitrogens with zero attached hydrogens (tertiary/aromatic N) is 1. The van der Waals surface area contributed by atoms with Gasteiger partial charge in [-0.25, -0.2) is 0 Å². The Balaban J connectivity index is 2.62. The van der Waals surface area contributed by atoms with Crippen LogP contribution < -0.4 is 4.74 Å². The van der Waals surface area contributed by atoms with E-state index in [0.29, 0.717) is 0 Å². The van der Waals surface area contributed by atoms with Crippen molar-refractivity contribution in [1.82, 2.24) is 4.57 Å². The van der Waals surface area contributed by atoms with E-state index in [0.717, 1.165) is 34.0 Å². The van der Waals surface area contributed by atoms with Crippen molar-refractivity contribution < 1.29 is 9.53 Å². The van der Waals surface area contributed by atoms with E-state index >= 15 is 0 Å². The predicted molar refractivity (Wildman–Crippen MR) is 76.5 cm³/mol. The maximum Gasteiger partial charge on any atom is 0.161 e. The molecule has 2 aromatic rings. The highest BCUT2D eigenvalue weighted by atomic mass is 16.5. The van der Waals surface area contributed by atoms with Gasteiger partial charge in [0, 0.05) is 22.6 Å². The first kappa shape index (κ1) is 13.4. The van der Waals surface area contributed by atoms with Gasteiger partial charge in [-0.15, -0.1) is 0 Å². The maximum absolute atomic E-state index is 11.6. The number of hydrogen-bond donors (Lipinski definition) is 0. The van der Waals surface area contributed by atoms with E-state index in [4.69, 9.17) is 4.74 Å². The molecule has 0 unspecified atom stereocenters. The predicted octanol–water partition coefficient (Wildman–Crippen LogP) is 3.61. The summed E-state index contributed by atoms with van der Waals surface area (Å²) in [6.45, 7) is 7.65. The Morgan fingerprint density at radius 1 is 1.16 bits per heavy atom. The van der Waals surface area contributed by atoms with E-state index in [2.05, 4.69) is 4.57 Å². The number of benzene rings is 1. The second kappa shape index (κ2) is 4.92. The Kier molecular flexibility index (Phi) is 3.47. The molecule has 1 aromatic carbocycles. The van der Waals surface area contributed by atoms with Crippen LogP contribution in [0.1, 0.15) is 34.2 Å². The van der Waals surface area contributed by atoms with E-state index < -0.39 is 0 Å². The monoisotopic (exact) mass is 257 g/mol. The summed E-state index contributed by atoms with van der Waals surface area (Å²) in [6, 6.07) is 7.91. The van der Waals surface area contributed by atoms with Gasteiger partial charge in [-0.3, -0.25) is 4.79 Å². The second-order valence-electron chi connectivity index (χ2n) is 4.83. The Hall–Kier alpha value is -2.03. The largest absolute Gasteiger partial charge is 0.497 e. The highest BCUT2D eigenvalue weighted by Crippen LogP contribution is 2.26. The first-order valence-electron chi connectivity index (χ1n) is 6.30. The second-order valence-corrected chi connectivity index (χ2v) is 4.83. The van der Waals surface area contributed by atoms with Gasteiger partial charge >= 0.3 is 0 Å². The van der Waals surface area contributed by atoms with Crippen molar-refractivity contribution in [2.24, 2.45) is 0 Å². The summed E-state index contributed by atoms with van der Waals surface area (Å²) in [7, 11) is 1.66. The van der Waals surface area contributed by atoms with Crippen LogP contribution in [0.25, 0.3) is 5.69 Å². The molecule has 0 radical (unpaired) electrons. The summed E-state index contributed by atoms with van der Waals surface area (Å²) in [6.07, 6.45) is 0. The first-order chi connectivity index (χ1) is 8.95. The Morgan fingerprint density at radius 3 is 2.32 bits per heavy atom. The Morgan fingerprint density at radius 2 is 1.84 bits per heavy atom. The molecule has 0 N–H and O–H groups in total. The summed E-state index contributed by atoms with van der Waals surface area (Å²) in [5.74, 6) is 0.945. The van der Waals surface area contributed by atoms with Crippen molar-refractivity contribution in [3.8, 4) is 11.4 Å². The van der Waals surface area contributed by atoms with Gasteiger partial charge in [-0.1, -0.05) is 0 Å². The normalized spacial score (nSPS) is 10.6. The molecular weight excluding hydrogens is 238 g/mol. The molecule has 3 nitrogen and oxygen atoms in total. The van der Waals surface area contributed by atoms with Gasteiger partial charge < -0.3 is 9.30 Å². The Labute approximate surface area is 113 Å². The number of ether oxygens (including phenoxy) is 1. The molecule has 0 saturated heterocycles. The number of carbonyl (C=O) groups excluding carboxylic acids is 1. The van der Waals surface area contributed by atoms with Crippen molar-refractivity contribution in [2.45, 2.75) is 27.7 Å². The van der Waals surface area contributed by atoms with Crippen molar-refractivity contribution in [1.29, 1.82) is 0 Å². The van der Waals surface area contributed by atoms with Gasteiger partial charge in [-0.2, -0.15) is 0 Å². The lowest BCUT2D eigenvalue weighted by molar-refractivity contribution is 0.101. The van der Waals surface area contributed by atoms with Crippen molar-refractivity contribution in [2.75, 3.05) is 7.11 Å². The quantitative estimate of drug-likeness (QED) is 0.786. The van der Waals surface area contributed by atoms with Gasteiger partial charge in [0.25, 0.3) is 0 Å². The number of ketones is 1. The molecule has 0 saturated carbocycles. The van der Waals surface area contributed by atoms with E-state index in [1.54, 1.807) is 14.0 Å². The molecule has 1 heterocycles. The van der Waals surface area contributed by atoms with Crippen LogP contribution in [-0.2, 0) is 0 Å². The molecule has 0 aliphatic heterocycles. The molecule has 2 rings (SSSR count). The summed E-state index contributed by atoms with van der Waals surface area (Å²) in [4.78, 5) is 11.6. The van der Waals surface area contributed by atoms with E-state index in [1.807, 2.05) is 45.0 Å². The van der Waals surface area contributed by atoms with Crippen LogP contribution in [0, 0.1) is 20.8 Å². The fraction of sp³-hybridized carbons (Fsp3) is 0.312. The summed E-state index contributed by atoms with van der Waals surface area (Å²) < 4.78 is 7.34. The highest BCUT2D eigenvalue weighted by molar-refractivity contribution is 5.95. The number of aromatic nitrogens is 1. The molecule has 0 spiro atoms. The molecule has 0 fully saturated rings. The fourth-order valence-corrected chi connectivity index (χ4v) is 2.50. The number of rotatable bonds is 3. The molecule has 0 amide bonds. The van der Waals surface area contributed by atoms with Gasteiger partial charge in [-0.05, 0) is 57.5 Å². The summed E-state index contributed by atoms with van der Waals surface area (Å²) >= 11 is 0. The lowest BCUT2D eigenvalue weighted by atomic mass is 10.1. The third kappa shape index (κ3) is 2.28. The smallest absolute Gasteiger partial charge is 0.161 e. The van der Waals surface area contributed by atoms with Crippen molar-refractivity contribution >= 4 is 5.78 Å². The maximum atomic E-state index is 11.6. The minimum atomic E-state index is 0.102. The zero-order valence-corrected chi connectivity index (χ0v) is 12.1. The zero-order valence-electron chi connectivity index (χ0n) is 12.1. The van der Waals surface area contributed by atoms with Crippen LogP contribution in [-0.4, -0.2) is 17.5 Å². The minimum Gasteiger partial charge on any atom is -0.497 e. The van der Waals surface area contributed by atoms with Gasteiger partial charge in [0.2, 0.25) is 0 Å². The van der Waals surface area contributed by atoms with E-state index in [1.165, 1.54) is 0 Å². The molecule has 0 bridgehead atoms. The van der Waals surface area contributed by atoms with Gasteiger partial charge in [0.1, 0.15) is 5.75 Å². The third-order valence-electron chi connectivity index (χ3n) is 3.46. The molecule has 100 valence electrons. The lowest BCUT2D eigenvalue weighted by Gasteiger charge is -2.14. The topological polar surface area (TPSA) is 31.2 Å². The lowest BCUT2D eigenvalue weighted by Crippen LogP contribution is -2.03. The van der Waals surface area contributed by atoms with Gasteiger partial charge in [0.05, 0.1) is 7.11 Å². The SMILES string of the molecule is COc1ccc(-n2c(C)cc(C(C)=O)c2C)c(C)c1. The van der Waals surface area contributed by atoms with Crippen molar-refractivity contribution in [3.05, 3.63) is 46.8 Å². The minimum absolute atomic E-state index is 0.102. The highest BCUT2D eigenvalue weighted by Gasteiger charge is 2.14. The molecule has 1 aromatic heterocycles. The molecule has 19 heavy (non-hydrogen) atoms. The fourth-order valence-electron chi connectivity index (χ4n) is 2.50. The summed E-state index contributed by atoms with van der Waals surface area (Å²) in [5.41, 5.74) is 5.04. The van der Waals surface area contributed by atoms with Crippen LogP contribution in [0.15, 0.2) is 24.3 Å². The average molecular weight is 257 g/mol. The zero-order chi connectivity index (χ0) is 14.2. The number of aryl methyl sites for hydroxylation is 2. The first-order valence-corrected chi connectivity index (χ1v) is 6.30. The van der Waals surface area contributed by atoms with Crippen LogP contribution in [0.4, 0.5) is 0 Å². The standard InChI is InChI=1S/C16H19NO2/c1-10-8-14(19-5)6-7-16(10)17-11(2)9-15(12(17)3)13(4)18/h6-9H,1-5H3. The number of methoxy groups -OCH3 is 1. The summed E-state index contributed by atoms with van der Waals surface area (Å²) in [5, 5.41) is 0. The molecule has 3 heteroatoms. The number of carbonyl (C=O) groups is 1. The van der Waals surface area contributed by atoms with E-state index in [9.17, 15) is 4.79 Å². The van der Waals surface area contributed by atoms with Crippen LogP contribution >= 0.6 is 0 Å². The number of Topliss-reactive ketones (excluding diaryl/α,β-unsaturated/α-hetero) is 1. The van der Waals surface area contributed by atoms with Crippen molar-refractivity contribution in [3.63, 3.8) is 0 Å². The molecule has 0 aliphatic rings. The molecule has 0 atom stereocenters. The number of hydrogen-bond acceptors (Lipinski definition) is 2. The molecular formula is C16H19NO2. The van der Waals surface area contributed by atoms with E-state index in [-0.39, 0.29) is 5.78 Å². The Bertz CT molecular complexity index is 638. The average Bonchev–Trinajstić information content (AvgIpc) is 2.65.